The Morgan fingerprint density at radius 2 is 1.62 bits per heavy atom. The van der Waals surface area contributed by atoms with Crippen LogP contribution in [0.5, 0.6) is 0 Å². The fraction of sp³-hybridized carbons (Fsp3) is 0.526. The number of nitrogens with one attached hydrogen (secondary N) is 1. The zero-order chi connectivity index (χ0) is 19.3. The average molecular weight is 361 g/mol. The third kappa shape index (κ3) is 5.56. The summed E-state index contributed by atoms with van der Waals surface area (Å²) in [5.41, 5.74) is 1.10. The number of carbonyl (C=O) groups is 3. The van der Waals surface area contributed by atoms with Gasteiger partial charge in [-0.15, -0.1) is 0 Å². The number of hydrogen-bond acceptors (Lipinski definition) is 4. The van der Waals surface area contributed by atoms with E-state index in [1.54, 1.807) is 17.0 Å². The van der Waals surface area contributed by atoms with Crippen molar-refractivity contribution in [3.8, 4) is 0 Å². The van der Waals surface area contributed by atoms with Crippen LogP contribution in [-0.2, 0) is 16.1 Å². The Balaban J connectivity index is 1.87. The summed E-state index contributed by atoms with van der Waals surface area (Å²) in [6.45, 7) is 8.20. The van der Waals surface area contributed by atoms with Crippen molar-refractivity contribution < 1.29 is 19.5 Å². The Bertz CT molecular complexity index is 656. The number of carboxylic acids is 1. The van der Waals surface area contributed by atoms with Crippen molar-refractivity contribution in [3.05, 3.63) is 35.4 Å². The van der Waals surface area contributed by atoms with Gasteiger partial charge < -0.3 is 15.3 Å². The molecule has 0 saturated carbocycles. The van der Waals surface area contributed by atoms with Gasteiger partial charge in [-0.1, -0.05) is 32.9 Å². The van der Waals surface area contributed by atoms with Crippen LogP contribution in [-0.4, -0.2) is 65.4 Å². The van der Waals surface area contributed by atoms with E-state index < -0.39 is 11.4 Å². The van der Waals surface area contributed by atoms with Gasteiger partial charge in [-0.25, -0.2) is 0 Å². The predicted octanol–water partition coefficient (Wildman–Crippen LogP) is 1.19. The molecule has 0 bridgehead atoms. The Hall–Kier alpha value is -2.41. The molecule has 0 aliphatic carbocycles. The number of nitrogens with zero attached hydrogens (tertiary/aromatic N) is 2. The highest BCUT2D eigenvalue weighted by Crippen LogP contribution is 2.14. The van der Waals surface area contributed by atoms with Gasteiger partial charge in [0.25, 0.3) is 5.91 Å². The van der Waals surface area contributed by atoms with E-state index >= 15 is 0 Å². The van der Waals surface area contributed by atoms with Crippen LogP contribution in [0.15, 0.2) is 24.3 Å². The second-order valence-electron chi connectivity index (χ2n) is 7.59. The largest absolute Gasteiger partial charge is 0.480 e. The lowest BCUT2D eigenvalue weighted by Crippen LogP contribution is -2.49. The summed E-state index contributed by atoms with van der Waals surface area (Å²) in [6.07, 6.45) is 0. The molecule has 1 saturated heterocycles. The fourth-order valence-corrected chi connectivity index (χ4v) is 2.70. The van der Waals surface area contributed by atoms with E-state index in [0.717, 1.165) is 5.56 Å². The number of aliphatic carboxylic acids is 1. The number of hydrogen-bond donors (Lipinski definition) is 2. The van der Waals surface area contributed by atoms with Gasteiger partial charge in [0.05, 0.1) is 6.54 Å². The molecule has 142 valence electrons. The predicted molar refractivity (Wildman–Crippen MR) is 97.7 cm³/mol. The van der Waals surface area contributed by atoms with E-state index in [-0.39, 0.29) is 18.4 Å². The molecule has 7 heteroatoms. The Labute approximate surface area is 154 Å². The monoisotopic (exact) mass is 361 g/mol. The van der Waals surface area contributed by atoms with Gasteiger partial charge in [-0.3, -0.25) is 19.3 Å². The zero-order valence-corrected chi connectivity index (χ0v) is 15.6. The van der Waals surface area contributed by atoms with Gasteiger partial charge in [0, 0.05) is 43.7 Å². The first kappa shape index (κ1) is 19.9. The number of rotatable bonds is 5. The van der Waals surface area contributed by atoms with Crippen LogP contribution in [0.2, 0.25) is 0 Å². The Morgan fingerprint density at radius 3 is 2.12 bits per heavy atom. The summed E-state index contributed by atoms with van der Waals surface area (Å²) < 4.78 is 0. The van der Waals surface area contributed by atoms with Gasteiger partial charge in [0.1, 0.15) is 0 Å². The summed E-state index contributed by atoms with van der Waals surface area (Å²) in [4.78, 5) is 38.8. The average Bonchev–Trinajstić information content (AvgIpc) is 2.59. The maximum Gasteiger partial charge on any atom is 0.317 e. The number of amides is 2. The highest BCUT2D eigenvalue weighted by atomic mass is 16.4. The molecule has 1 aromatic carbocycles. The van der Waals surface area contributed by atoms with Crippen LogP contribution >= 0.6 is 0 Å². The third-order valence-corrected chi connectivity index (χ3v) is 4.35. The summed E-state index contributed by atoms with van der Waals surface area (Å²) in [5.74, 6) is -0.916. The van der Waals surface area contributed by atoms with E-state index in [1.807, 2.05) is 37.8 Å². The van der Waals surface area contributed by atoms with E-state index in [4.69, 9.17) is 5.11 Å². The summed E-state index contributed by atoms with van der Waals surface area (Å²) in [7, 11) is 0. The first-order valence-electron chi connectivity index (χ1n) is 8.77. The molecule has 1 heterocycles. The van der Waals surface area contributed by atoms with Crippen LogP contribution in [0.25, 0.3) is 0 Å². The highest BCUT2D eigenvalue weighted by Gasteiger charge is 2.23. The molecule has 0 aromatic heterocycles. The van der Waals surface area contributed by atoms with Crippen LogP contribution < -0.4 is 5.32 Å². The number of carboxylic acid groups (broad SMARTS) is 1. The SMILES string of the molecule is CC(C)(C)C(=O)NCc1ccc(C(=O)N2CCN(CC(=O)O)CC2)cc1. The molecule has 0 spiro atoms. The topological polar surface area (TPSA) is 90.0 Å². The van der Waals surface area contributed by atoms with Crippen LogP contribution in [0.3, 0.4) is 0 Å². The van der Waals surface area contributed by atoms with Gasteiger partial charge in [-0.05, 0) is 17.7 Å². The summed E-state index contributed by atoms with van der Waals surface area (Å²) >= 11 is 0. The van der Waals surface area contributed by atoms with Crippen molar-refractivity contribution in [2.45, 2.75) is 27.3 Å². The molecule has 0 atom stereocenters. The molecular formula is C19H27N3O4. The zero-order valence-electron chi connectivity index (χ0n) is 15.6. The normalized spacial score (nSPS) is 15.6. The van der Waals surface area contributed by atoms with Gasteiger partial charge in [0.15, 0.2) is 0 Å². The maximum absolute atomic E-state index is 12.6. The van der Waals surface area contributed by atoms with Gasteiger partial charge >= 0.3 is 5.97 Å². The Kier molecular flexibility index (Phi) is 6.37. The third-order valence-electron chi connectivity index (χ3n) is 4.35. The standard InChI is InChI=1S/C19H27N3O4/c1-19(2,3)18(26)20-12-14-4-6-15(7-5-14)17(25)22-10-8-21(9-11-22)13-16(23)24/h4-7H,8-13H2,1-3H3,(H,20,26)(H,23,24). The lowest BCUT2D eigenvalue weighted by atomic mass is 9.95. The molecule has 1 aliphatic rings. The molecule has 7 nitrogen and oxygen atoms in total. The summed E-state index contributed by atoms with van der Waals surface area (Å²) in [6, 6.07) is 7.22. The minimum Gasteiger partial charge on any atom is -0.480 e. The highest BCUT2D eigenvalue weighted by molar-refractivity contribution is 5.94. The van der Waals surface area contributed by atoms with Crippen LogP contribution in [0, 0.1) is 5.41 Å². The first-order valence-corrected chi connectivity index (χ1v) is 8.77. The van der Waals surface area contributed by atoms with Crippen molar-refractivity contribution in [1.82, 2.24) is 15.1 Å². The minimum atomic E-state index is -0.848. The van der Waals surface area contributed by atoms with Crippen molar-refractivity contribution >= 4 is 17.8 Å². The second-order valence-corrected chi connectivity index (χ2v) is 7.59. The molecule has 26 heavy (non-hydrogen) atoms. The summed E-state index contributed by atoms with van der Waals surface area (Å²) in [5, 5.41) is 11.7. The van der Waals surface area contributed by atoms with E-state index in [2.05, 4.69) is 5.32 Å². The van der Waals surface area contributed by atoms with E-state index in [1.165, 1.54) is 0 Å². The van der Waals surface area contributed by atoms with Crippen molar-refractivity contribution in [1.29, 1.82) is 0 Å². The quantitative estimate of drug-likeness (QED) is 0.822. The second kappa shape index (κ2) is 8.31. The smallest absolute Gasteiger partial charge is 0.317 e. The molecule has 1 fully saturated rings. The fourth-order valence-electron chi connectivity index (χ4n) is 2.70. The molecule has 2 N–H and O–H groups in total. The number of benzene rings is 1. The van der Waals surface area contributed by atoms with E-state index in [9.17, 15) is 14.4 Å². The van der Waals surface area contributed by atoms with Crippen molar-refractivity contribution in [2.24, 2.45) is 5.41 Å². The van der Waals surface area contributed by atoms with Crippen LogP contribution in [0.4, 0.5) is 0 Å². The maximum atomic E-state index is 12.6. The van der Waals surface area contributed by atoms with E-state index in [0.29, 0.717) is 38.3 Å². The van der Waals surface area contributed by atoms with Gasteiger partial charge in [0.2, 0.25) is 5.91 Å². The van der Waals surface area contributed by atoms with Crippen molar-refractivity contribution in [2.75, 3.05) is 32.7 Å². The lowest BCUT2D eigenvalue weighted by molar-refractivity contribution is -0.138. The number of piperazine rings is 1. The van der Waals surface area contributed by atoms with Crippen LogP contribution in [0.1, 0.15) is 36.7 Å². The molecule has 0 radical (unpaired) electrons. The van der Waals surface area contributed by atoms with Gasteiger partial charge in [-0.2, -0.15) is 0 Å². The molecular weight excluding hydrogens is 334 g/mol. The number of carbonyl (C=O) groups excluding carboxylic acids is 2. The lowest BCUT2D eigenvalue weighted by Gasteiger charge is -2.33. The molecule has 2 rings (SSSR count). The van der Waals surface area contributed by atoms with Crippen molar-refractivity contribution in [3.63, 3.8) is 0 Å². The molecule has 2 amide bonds. The molecule has 0 unspecified atom stereocenters. The Morgan fingerprint density at radius 1 is 1.04 bits per heavy atom. The molecule has 1 aromatic rings. The first-order chi connectivity index (χ1) is 12.2. The molecule has 1 aliphatic heterocycles. The minimum absolute atomic E-state index is 0.0109.